The van der Waals surface area contributed by atoms with E-state index in [2.05, 4.69) is 31.7 Å². The highest BCUT2D eigenvalue weighted by atomic mass is 79.9. The summed E-state index contributed by atoms with van der Waals surface area (Å²) in [4.78, 5) is 4.18. The highest BCUT2D eigenvalue weighted by Crippen LogP contribution is 2.23. The lowest BCUT2D eigenvalue weighted by Gasteiger charge is -2.12. The summed E-state index contributed by atoms with van der Waals surface area (Å²) in [5.74, 6) is 5.43. The van der Waals surface area contributed by atoms with Crippen LogP contribution in [0.25, 0.3) is 0 Å². The van der Waals surface area contributed by atoms with Gasteiger partial charge in [-0.25, -0.2) is 10.2 Å². The van der Waals surface area contributed by atoms with Crippen molar-refractivity contribution in [2.75, 3.05) is 11.9 Å². The first-order valence-electron chi connectivity index (χ1n) is 5.32. The molecule has 0 unspecified atom stereocenters. The van der Waals surface area contributed by atoms with Crippen LogP contribution < -0.4 is 16.6 Å². The third kappa shape index (κ3) is 3.98. The lowest BCUT2D eigenvalue weighted by Crippen LogP contribution is -2.36. The Morgan fingerprint density at radius 2 is 2.24 bits per heavy atom. The molecule has 0 saturated heterocycles. The average Bonchev–Trinajstić information content (AvgIpc) is 2.30. The van der Waals surface area contributed by atoms with Crippen LogP contribution in [-0.4, -0.2) is 12.5 Å². The summed E-state index contributed by atoms with van der Waals surface area (Å²) in [7, 11) is 0. The molecule has 0 amide bonds. The largest absolute Gasteiger partial charge is 0.325 e. The quantitative estimate of drug-likeness (QED) is 0.348. The van der Waals surface area contributed by atoms with Gasteiger partial charge in [-0.1, -0.05) is 6.92 Å². The fraction of sp³-hybridized carbons (Fsp3) is 0.364. The molecule has 0 aliphatic carbocycles. The van der Waals surface area contributed by atoms with Gasteiger partial charge < -0.3 is 5.32 Å². The summed E-state index contributed by atoms with van der Waals surface area (Å²) in [5.41, 5.74) is 3.99. The van der Waals surface area contributed by atoms with Gasteiger partial charge in [0.1, 0.15) is 5.82 Å². The monoisotopic (exact) mass is 302 g/mol. The van der Waals surface area contributed by atoms with Crippen molar-refractivity contribution in [2.24, 2.45) is 10.8 Å². The number of benzene rings is 1. The SMILES string of the molecule is CCCN=C(NN)Nc1cc(F)c(Br)cc1C. The number of aryl methyl sites for hydroxylation is 1. The van der Waals surface area contributed by atoms with Crippen molar-refractivity contribution in [1.29, 1.82) is 0 Å². The Bertz CT molecular complexity index is 420. The molecule has 0 radical (unpaired) electrons. The van der Waals surface area contributed by atoms with Crippen LogP contribution in [0.5, 0.6) is 0 Å². The van der Waals surface area contributed by atoms with Crippen molar-refractivity contribution >= 4 is 27.6 Å². The number of nitrogens with two attached hydrogens (primary N) is 1. The van der Waals surface area contributed by atoms with Crippen molar-refractivity contribution < 1.29 is 4.39 Å². The van der Waals surface area contributed by atoms with E-state index in [1.165, 1.54) is 6.07 Å². The van der Waals surface area contributed by atoms with Crippen LogP contribution >= 0.6 is 15.9 Å². The number of hydrogen-bond donors (Lipinski definition) is 3. The molecule has 6 heteroatoms. The molecule has 1 aromatic rings. The van der Waals surface area contributed by atoms with Gasteiger partial charge in [-0.3, -0.25) is 10.4 Å². The summed E-state index contributed by atoms with van der Waals surface area (Å²) in [6.07, 6.45) is 0.917. The number of hydrogen-bond acceptors (Lipinski definition) is 2. The Morgan fingerprint density at radius 1 is 1.53 bits per heavy atom. The fourth-order valence-corrected chi connectivity index (χ4v) is 1.71. The summed E-state index contributed by atoms with van der Waals surface area (Å²) in [6, 6.07) is 3.10. The van der Waals surface area contributed by atoms with Crippen molar-refractivity contribution in [3.05, 3.63) is 28.0 Å². The van der Waals surface area contributed by atoms with Crippen molar-refractivity contribution in [2.45, 2.75) is 20.3 Å². The van der Waals surface area contributed by atoms with Gasteiger partial charge in [-0.2, -0.15) is 0 Å². The van der Waals surface area contributed by atoms with Gasteiger partial charge in [-0.05, 0) is 47.0 Å². The first-order chi connectivity index (χ1) is 8.08. The zero-order valence-corrected chi connectivity index (χ0v) is 11.4. The highest BCUT2D eigenvalue weighted by molar-refractivity contribution is 9.10. The lowest BCUT2D eigenvalue weighted by molar-refractivity contribution is 0.621. The molecule has 0 heterocycles. The third-order valence-corrected chi connectivity index (χ3v) is 2.76. The van der Waals surface area contributed by atoms with Crippen LogP contribution in [0.4, 0.5) is 10.1 Å². The standard InChI is InChI=1S/C11H16BrFN4/c1-3-4-15-11(17-14)16-10-6-9(13)8(12)5-7(10)2/h5-6H,3-4,14H2,1-2H3,(H2,15,16,17). The molecule has 0 saturated carbocycles. The predicted molar refractivity (Wildman–Crippen MR) is 72.4 cm³/mol. The van der Waals surface area contributed by atoms with Gasteiger partial charge in [0.2, 0.25) is 5.96 Å². The van der Waals surface area contributed by atoms with E-state index in [4.69, 9.17) is 5.84 Å². The number of rotatable bonds is 3. The second-order valence-corrected chi connectivity index (χ2v) is 4.44. The zero-order valence-electron chi connectivity index (χ0n) is 9.85. The van der Waals surface area contributed by atoms with Gasteiger partial charge in [0.25, 0.3) is 0 Å². The van der Waals surface area contributed by atoms with E-state index in [9.17, 15) is 4.39 Å². The van der Waals surface area contributed by atoms with Crippen molar-refractivity contribution in [1.82, 2.24) is 5.43 Å². The molecule has 94 valence electrons. The number of nitrogens with zero attached hydrogens (tertiary/aromatic N) is 1. The van der Waals surface area contributed by atoms with E-state index >= 15 is 0 Å². The average molecular weight is 303 g/mol. The van der Waals surface area contributed by atoms with Gasteiger partial charge in [0, 0.05) is 12.2 Å². The molecule has 0 spiro atoms. The van der Waals surface area contributed by atoms with E-state index in [0.29, 0.717) is 22.7 Å². The molecule has 0 aliphatic rings. The van der Waals surface area contributed by atoms with Crippen LogP contribution in [0.3, 0.4) is 0 Å². The summed E-state index contributed by atoms with van der Waals surface area (Å²) < 4.78 is 13.8. The highest BCUT2D eigenvalue weighted by Gasteiger charge is 2.06. The minimum Gasteiger partial charge on any atom is -0.325 e. The van der Waals surface area contributed by atoms with Crippen LogP contribution in [0, 0.1) is 12.7 Å². The zero-order chi connectivity index (χ0) is 12.8. The lowest BCUT2D eigenvalue weighted by atomic mass is 10.2. The van der Waals surface area contributed by atoms with Crippen LogP contribution in [0.2, 0.25) is 0 Å². The molecule has 0 aromatic heterocycles. The molecular formula is C11H16BrFN4. The Kier molecular flexibility index (Phi) is 5.37. The molecule has 1 rings (SSSR count). The predicted octanol–water partition coefficient (Wildman–Crippen LogP) is 2.54. The van der Waals surface area contributed by atoms with Crippen molar-refractivity contribution in [3.63, 3.8) is 0 Å². The van der Waals surface area contributed by atoms with Gasteiger partial charge in [0.15, 0.2) is 0 Å². The number of guanidine groups is 1. The molecule has 0 fully saturated rings. The Labute approximate surface area is 109 Å². The summed E-state index contributed by atoms with van der Waals surface area (Å²) >= 11 is 3.13. The molecule has 0 bridgehead atoms. The molecule has 17 heavy (non-hydrogen) atoms. The maximum Gasteiger partial charge on any atom is 0.210 e. The molecule has 4 N–H and O–H groups in total. The first kappa shape index (κ1) is 13.9. The Balaban J connectivity index is 2.90. The molecule has 0 atom stereocenters. The van der Waals surface area contributed by atoms with E-state index in [-0.39, 0.29) is 5.82 Å². The van der Waals surface area contributed by atoms with Crippen LogP contribution in [0.15, 0.2) is 21.6 Å². The Morgan fingerprint density at radius 3 is 2.82 bits per heavy atom. The van der Waals surface area contributed by atoms with E-state index in [0.717, 1.165) is 12.0 Å². The molecule has 1 aromatic carbocycles. The second kappa shape index (κ2) is 6.56. The minimum absolute atomic E-state index is 0.329. The van der Waals surface area contributed by atoms with Gasteiger partial charge in [-0.15, -0.1) is 0 Å². The first-order valence-corrected chi connectivity index (χ1v) is 6.11. The smallest absolute Gasteiger partial charge is 0.210 e. The maximum absolute atomic E-state index is 13.4. The number of nitrogens with one attached hydrogen (secondary N) is 2. The molecule has 0 aliphatic heterocycles. The number of hydrazine groups is 1. The van der Waals surface area contributed by atoms with E-state index in [1.54, 1.807) is 6.07 Å². The van der Waals surface area contributed by atoms with E-state index < -0.39 is 0 Å². The number of anilines is 1. The topological polar surface area (TPSA) is 62.4 Å². The van der Waals surface area contributed by atoms with Crippen LogP contribution in [-0.2, 0) is 0 Å². The number of aliphatic imine (C=N–C) groups is 1. The number of halogens is 2. The maximum atomic E-state index is 13.4. The second-order valence-electron chi connectivity index (χ2n) is 3.58. The normalized spacial score (nSPS) is 11.5. The van der Waals surface area contributed by atoms with E-state index in [1.807, 2.05) is 13.8 Å². The molecule has 4 nitrogen and oxygen atoms in total. The minimum atomic E-state index is -0.329. The van der Waals surface area contributed by atoms with Gasteiger partial charge >= 0.3 is 0 Å². The summed E-state index contributed by atoms with van der Waals surface area (Å²) in [6.45, 7) is 4.55. The van der Waals surface area contributed by atoms with Crippen LogP contribution in [0.1, 0.15) is 18.9 Å². The molecular weight excluding hydrogens is 287 g/mol. The van der Waals surface area contributed by atoms with Crippen molar-refractivity contribution in [3.8, 4) is 0 Å². The third-order valence-electron chi connectivity index (χ3n) is 2.15. The Hall–Kier alpha value is -1.14. The van der Waals surface area contributed by atoms with Gasteiger partial charge in [0.05, 0.1) is 4.47 Å². The summed E-state index contributed by atoms with van der Waals surface area (Å²) in [5, 5.41) is 2.95. The fourth-order valence-electron chi connectivity index (χ4n) is 1.25.